The van der Waals surface area contributed by atoms with E-state index < -0.39 is 23.4 Å². The molecule has 2 saturated heterocycles. The van der Waals surface area contributed by atoms with Gasteiger partial charge < -0.3 is 24.7 Å². The number of halogens is 3. The van der Waals surface area contributed by atoms with Crippen LogP contribution in [0, 0.1) is 0 Å². The zero-order chi connectivity index (χ0) is 26.5. The fraction of sp³-hybridized carbons (Fsp3) is 0.464. The molecule has 2 heterocycles. The van der Waals surface area contributed by atoms with Crippen molar-refractivity contribution in [2.24, 2.45) is 0 Å². The van der Waals surface area contributed by atoms with Crippen LogP contribution >= 0.6 is 0 Å². The second-order valence-electron chi connectivity index (χ2n) is 9.78. The van der Waals surface area contributed by atoms with Crippen LogP contribution in [0.3, 0.4) is 0 Å². The number of aliphatic hydroxyl groups excluding tert-OH is 1. The number of para-hydroxylation sites is 1. The van der Waals surface area contributed by atoms with Crippen molar-refractivity contribution in [3.05, 3.63) is 71.3 Å². The number of likely N-dealkylation sites (tertiary alicyclic amines) is 2. The van der Waals surface area contributed by atoms with Gasteiger partial charge in [0.15, 0.2) is 0 Å². The minimum Gasteiger partial charge on any atom is -0.490 e. The van der Waals surface area contributed by atoms with Crippen LogP contribution in [0.1, 0.15) is 42.4 Å². The number of amides is 1. The zero-order valence-corrected chi connectivity index (χ0v) is 20.7. The van der Waals surface area contributed by atoms with E-state index in [2.05, 4.69) is 0 Å². The first kappa shape index (κ1) is 27.2. The van der Waals surface area contributed by atoms with Crippen LogP contribution in [0.25, 0.3) is 6.08 Å². The number of ether oxygens (including phenoxy) is 1. The molecular formula is C28H33F3N2O4. The van der Waals surface area contributed by atoms with Crippen LogP contribution in [0.5, 0.6) is 5.75 Å². The number of rotatable bonds is 8. The molecule has 0 saturated carbocycles. The molecular weight excluding hydrogens is 485 g/mol. The Balaban J connectivity index is 1.27. The van der Waals surface area contributed by atoms with Gasteiger partial charge in [-0.05, 0) is 55.5 Å². The number of aliphatic hydroxyl groups is 2. The Labute approximate surface area is 215 Å². The van der Waals surface area contributed by atoms with E-state index in [9.17, 15) is 28.2 Å². The lowest BCUT2D eigenvalue weighted by Crippen LogP contribution is -2.46. The SMILES string of the molecule is O=C(C=Cc1ccccc1OCC(O)CN1CCC(O)(c2cccc(C(F)(F)F)c2)CC1)N1CCCC1. The van der Waals surface area contributed by atoms with Gasteiger partial charge in [0.05, 0.1) is 11.2 Å². The van der Waals surface area contributed by atoms with Gasteiger partial charge in [0.2, 0.25) is 5.91 Å². The smallest absolute Gasteiger partial charge is 0.416 e. The Morgan fingerprint density at radius 2 is 1.76 bits per heavy atom. The molecule has 0 aromatic heterocycles. The molecule has 2 aromatic rings. The zero-order valence-electron chi connectivity index (χ0n) is 20.7. The fourth-order valence-electron chi connectivity index (χ4n) is 4.87. The van der Waals surface area contributed by atoms with Gasteiger partial charge in [-0.1, -0.05) is 30.3 Å². The van der Waals surface area contributed by atoms with E-state index in [1.165, 1.54) is 12.1 Å². The van der Waals surface area contributed by atoms with E-state index in [1.807, 2.05) is 28.0 Å². The Bertz CT molecular complexity index is 1090. The Morgan fingerprint density at radius 1 is 1.05 bits per heavy atom. The Kier molecular flexibility index (Phi) is 8.56. The van der Waals surface area contributed by atoms with Crippen molar-refractivity contribution in [3.63, 3.8) is 0 Å². The van der Waals surface area contributed by atoms with Crippen molar-refractivity contribution < 1.29 is 32.9 Å². The molecule has 200 valence electrons. The number of nitrogens with zero attached hydrogens (tertiary/aromatic N) is 2. The first-order valence-corrected chi connectivity index (χ1v) is 12.6. The maximum absolute atomic E-state index is 13.1. The highest BCUT2D eigenvalue weighted by Crippen LogP contribution is 2.36. The molecule has 2 fully saturated rings. The second kappa shape index (κ2) is 11.7. The first-order valence-electron chi connectivity index (χ1n) is 12.6. The molecule has 1 atom stereocenters. The summed E-state index contributed by atoms with van der Waals surface area (Å²) in [4.78, 5) is 16.1. The summed E-state index contributed by atoms with van der Waals surface area (Å²) < 4.78 is 45.1. The van der Waals surface area contributed by atoms with Crippen LogP contribution in [0.2, 0.25) is 0 Å². The van der Waals surface area contributed by atoms with Crippen molar-refractivity contribution >= 4 is 12.0 Å². The molecule has 2 aromatic carbocycles. The number of carbonyl (C=O) groups excluding carboxylic acids is 1. The van der Waals surface area contributed by atoms with Gasteiger partial charge in [-0.3, -0.25) is 4.79 Å². The van der Waals surface area contributed by atoms with Crippen LogP contribution in [-0.4, -0.2) is 71.4 Å². The average Bonchev–Trinajstić information content (AvgIpc) is 3.43. The van der Waals surface area contributed by atoms with Gasteiger partial charge in [0.1, 0.15) is 18.5 Å². The summed E-state index contributed by atoms with van der Waals surface area (Å²) in [5.41, 5.74) is -1.11. The fourth-order valence-corrected chi connectivity index (χ4v) is 4.87. The van der Waals surface area contributed by atoms with Crippen molar-refractivity contribution in [2.75, 3.05) is 39.3 Å². The van der Waals surface area contributed by atoms with Crippen LogP contribution in [0.4, 0.5) is 13.2 Å². The van der Waals surface area contributed by atoms with Crippen molar-refractivity contribution in [3.8, 4) is 5.75 Å². The molecule has 0 bridgehead atoms. The summed E-state index contributed by atoms with van der Waals surface area (Å²) in [6.45, 7) is 2.77. The number of carbonyl (C=O) groups is 1. The summed E-state index contributed by atoms with van der Waals surface area (Å²) in [6, 6.07) is 12.2. The molecule has 1 unspecified atom stereocenters. The lowest BCUT2D eigenvalue weighted by Gasteiger charge is -2.39. The van der Waals surface area contributed by atoms with Crippen molar-refractivity contribution in [1.82, 2.24) is 9.80 Å². The average molecular weight is 519 g/mol. The lowest BCUT2D eigenvalue weighted by atomic mass is 9.83. The molecule has 37 heavy (non-hydrogen) atoms. The quantitative estimate of drug-likeness (QED) is 0.516. The molecule has 0 aliphatic carbocycles. The van der Waals surface area contributed by atoms with Crippen molar-refractivity contribution in [2.45, 2.75) is 43.6 Å². The monoisotopic (exact) mass is 518 g/mol. The molecule has 2 aliphatic heterocycles. The third kappa shape index (κ3) is 7.12. The number of benzene rings is 2. The highest BCUT2D eigenvalue weighted by molar-refractivity contribution is 5.92. The Hall–Kier alpha value is -2.88. The van der Waals surface area contributed by atoms with Crippen LogP contribution in [-0.2, 0) is 16.6 Å². The highest BCUT2D eigenvalue weighted by Gasteiger charge is 2.37. The van der Waals surface area contributed by atoms with Gasteiger partial charge in [-0.15, -0.1) is 0 Å². The van der Waals surface area contributed by atoms with Gasteiger partial charge in [0.25, 0.3) is 0 Å². The summed E-state index contributed by atoms with van der Waals surface area (Å²) in [5.74, 6) is 0.534. The number of hydrogen-bond acceptors (Lipinski definition) is 5. The van der Waals surface area contributed by atoms with Crippen LogP contribution in [0.15, 0.2) is 54.6 Å². The minimum atomic E-state index is -4.46. The van der Waals surface area contributed by atoms with E-state index in [1.54, 1.807) is 18.2 Å². The first-order chi connectivity index (χ1) is 17.6. The standard InChI is InChI=1S/C28H33F3N2O4/c29-28(30,31)23-8-5-7-22(18-23)27(36)12-16-32(17-13-27)19-24(34)20-37-25-9-2-1-6-21(25)10-11-26(35)33-14-3-4-15-33/h1-2,5-11,18,24,34,36H,3-4,12-17,19-20H2. The second-order valence-corrected chi connectivity index (χ2v) is 9.78. The van der Waals surface area contributed by atoms with Gasteiger partial charge in [-0.25, -0.2) is 0 Å². The maximum Gasteiger partial charge on any atom is 0.416 e. The molecule has 0 radical (unpaired) electrons. The number of alkyl halides is 3. The maximum atomic E-state index is 13.1. The third-order valence-electron chi connectivity index (χ3n) is 7.05. The summed E-state index contributed by atoms with van der Waals surface area (Å²) in [7, 11) is 0. The molecule has 0 spiro atoms. The van der Waals surface area contributed by atoms with Crippen molar-refractivity contribution in [1.29, 1.82) is 0 Å². The minimum absolute atomic E-state index is 0.0254. The topological polar surface area (TPSA) is 73.2 Å². The lowest BCUT2D eigenvalue weighted by molar-refractivity contribution is -0.137. The van der Waals surface area contributed by atoms with E-state index >= 15 is 0 Å². The molecule has 9 heteroatoms. The van der Waals surface area contributed by atoms with Gasteiger partial charge in [0, 0.05) is 44.4 Å². The predicted octanol–water partition coefficient (Wildman–Crippen LogP) is 4.06. The predicted molar refractivity (Wildman–Crippen MR) is 134 cm³/mol. The number of hydrogen-bond donors (Lipinski definition) is 2. The highest BCUT2D eigenvalue weighted by atomic mass is 19.4. The molecule has 4 rings (SSSR count). The van der Waals surface area contributed by atoms with E-state index in [-0.39, 0.29) is 30.9 Å². The molecule has 6 nitrogen and oxygen atoms in total. The van der Waals surface area contributed by atoms with E-state index in [4.69, 9.17) is 4.74 Å². The molecule has 2 N–H and O–H groups in total. The van der Waals surface area contributed by atoms with Gasteiger partial charge >= 0.3 is 6.18 Å². The largest absolute Gasteiger partial charge is 0.490 e. The molecule has 1 amide bonds. The molecule has 2 aliphatic rings. The van der Waals surface area contributed by atoms with Crippen LogP contribution < -0.4 is 4.74 Å². The normalized spacial score (nSPS) is 19.3. The number of β-amino-alcohol motifs (C(OH)–C–C–N with tert-alkyl or cyclic N) is 1. The summed E-state index contributed by atoms with van der Waals surface area (Å²) in [6.07, 6.45) is 0.585. The Morgan fingerprint density at radius 3 is 2.46 bits per heavy atom. The van der Waals surface area contributed by atoms with E-state index in [0.717, 1.165) is 43.6 Å². The third-order valence-corrected chi connectivity index (χ3v) is 7.05. The van der Waals surface area contributed by atoms with E-state index in [0.29, 0.717) is 25.4 Å². The number of piperidine rings is 1. The summed E-state index contributed by atoms with van der Waals surface area (Å²) >= 11 is 0. The summed E-state index contributed by atoms with van der Waals surface area (Å²) in [5, 5.41) is 21.6. The van der Waals surface area contributed by atoms with Gasteiger partial charge in [-0.2, -0.15) is 13.2 Å².